The molecule has 0 radical (unpaired) electrons. The van der Waals surface area contributed by atoms with Crippen molar-refractivity contribution in [1.82, 2.24) is 0 Å². The van der Waals surface area contributed by atoms with E-state index in [0.29, 0.717) is 6.54 Å². The molecule has 1 N–H and O–H groups in total. The maximum absolute atomic E-state index is 12.6. The average molecular weight is 365 g/mol. The number of fused-ring (bicyclic) bond motifs is 1. The van der Waals surface area contributed by atoms with E-state index < -0.39 is 0 Å². The number of nitrogens with zero attached hydrogens (tertiary/aromatic N) is 2. The number of hydrogen-bond acceptors (Lipinski definition) is 3. The van der Waals surface area contributed by atoms with Crippen LogP contribution in [0, 0.1) is 6.92 Å². The molecule has 2 aromatic rings. The van der Waals surface area contributed by atoms with E-state index in [2.05, 4.69) is 30.1 Å². The zero-order valence-electron chi connectivity index (χ0n) is 16.3. The molecule has 2 aromatic carbocycles. The molecule has 1 aliphatic rings. The van der Waals surface area contributed by atoms with Crippen molar-refractivity contribution in [2.24, 2.45) is 0 Å². The molecule has 0 bridgehead atoms. The van der Waals surface area contributed by atoms with Crippen LogP contribution < -0.4 is 15.1 Å². The van der Waals surface area contributed by atoms with Crippen molar-refractivity contribution in [3.8, 4) is 0 Å². The van der Waals surface area contributed by atoms with Crippen molar-refractivity contribution in [2.75, 3.05) is 34.8 Å². The van der Waals surface area contributed by atoms with Crippen molar-refractivity contribution in [3.63, 3.8) is 0 Å². The molecule has 2 amide bonds. The Morgan fingerprint density at radius 2 is 1.85 bits per heavy atom. The minimum absolute atomic E-state index is 0.147. The van der Waals surface area contributed by atoms with E-state index in [0.717, 1.165) is 47.7 Å². The molecule has 5 nitrogen and oxygen atoms in total. The van der Waals surface area contributed by atoms with Gasteiger partial charge in [-0.05, 0) is 62.6 Å². The van der Waals surface area contributed by atoms with Gasteiger partial charge in [0.15, 0.2) is 0 Å². The Morgan fingerprint density at radius 3 is 2.56 bits per heavy atom. The van der Waals surface area contributed by atoms with Crippen LogP contribution in [0.4, 0.5) is 17.1 Å². The number of carbonyl (C=O) groups excluding carboxylic acids is 2. The highest BCUT2D eigenvalue weighted by atomic mass is 16.2. The molecule has 3 rings (SSSR count). The number of amides is 2. The van der Waals surface area contributed by atoms with Crippen LogP contribution in [0.5, 0.6) is 0 Å². The summed E-state index contributed by atoms with van der Waals surface area (Å²) in [4.78, 5) is 28.9. The quantitative estimate of drug-likeness (QED) is 0.793. The lowest BCUT2D eigenvalue weighted by molar-refractivity contribution is -0.125. The Hall–Kier alpha value is -2.82. The third-order valence-electron chi connectivity index (χ3n) is 5.11. The second-order valence-electron chi connectivity index (χ2n) is 6.82. The lowest BCUT2D eigenvalue weighted by atomic mass is 10.1. The standard InChI is InChI=1S/C22H27N3O2/c1-4-24(5-2)18-10-11-19(16(3)14-18)23-21(26)15-22(27)25-13-12-17-8-6-7-9-20(17)25/h6-11,14H,4-5,12-13,15H2,1-3H3,(H,23,26). The lowest BCUT2D eigenvalue weighted by Crippen LogP contribution is -2.32. The van der Waals surface area contributed by atoms with E-state index in [-0.39, 0.29) is 18.2 Å². The molecule has 0 atom stereocenters. The molecule has 27 heavy (non-hydrogen) atoms. The molecule has 0 spiro atoms. The van der Waals surface area contributed by atoms with Gasteiger partial charge in [0, 0.05) is 36.7 Å². The fourth-order valence-electron chi connectivity index (χ4n) is 3.60. The first-order chi connectivity index (χ1) is 13.0. The molecule has 142 valence electrons. The van der Waals surface area contributed by atoms with E-state index in [1.165, 1.54) is 0 Å². The average Bonchev–Trinajstić information content (AvgIpc) is 3.09. The summed E-state index contributed by atoms with van der Waals surface area (Å²) in [6.45, 7) is 8.73. The van der Waals surface area contributed by atoms with Gasteiger partial charge in [-0.2, -0.15) is 0 Å². The monoisotopic (exact) mass is 365 g/mol. The molecule has 0 fully saturated rings. The maximum atomic E-state index is 12.6. The van der Waals surface area contributed by atoms with E-state index in [9.17, 15) is 9.59 Å². The Balaban J connectivity index is 1.64. The summed E-state index contributed by atoms with van der Waals surface area (Å²) in [5.41, 5.74) is 4.97. The number of benzene rings is 2. The zero-order valence-corrected chi connectivity index (χ0v) is 16.3. The first-order valence-corrected chi connectivity index (χ1v) is 9.57. The van der Waals surface area contributed by atoms with Crippen LogP contribution in [0.1, 0.15) is 31.4 Å². The molecule has 0 aromatic heterocycles. The summed E-state index contributed by atoms with van der Waals surface area (Å²) in [5, 5.41) is 2.89. The van der Waals surface area contributed by atoms with Crippen LogP contribution in [0.3, 0.4) is 0 Å². The SMILES string of the molecule is CCN(CC)c1ccc(NC(=O)CC(=O)N2CCc3ccccc32)c(C)c1. The lowest BCUT2D eigenvalue weighted by Gasteiger charge is -2.22. The molecular formula is C22H27N3O2. The van der Waals surface area contributed by atoms with Gasteiger partial charge in [0.25, 0.3) is 0 Å². The minimum Gasteiger partial charge on any atom is -0.372 e. The van der Waals surface area contributed by atoms with E-state index in [1.54, 1.807) is 4.90 Å². The molecule has 0 unspecified atom stereocenters. The Kier molecular flexibility index (Phi) is 5.79. The van der Waals surface area contributed by atoms with Gasteiger partial charge in [0.05, 0.1) is 0 Å². The normalized spacial score (nSPS) is 12.6. The second kappa shape index (κ2) is 8.25. The van der Waals surface area contributed by atoms with Gasteiger partial charge in [0.1, 0.15) is 6.42 Å². The summed E-state index contributed by atoms with van der Waals surface area (Å²) >= 11 is 0. The largest absolute Gasteiger partial charge is 0.372 e. The Bertz CT molecular complexity index is 843. The first-order valence-electron chi connectivity index (χ1n) is 9.57. The van der Waals surface area contributed by atoms with Crippen LogP contribution in [0.15, 0.2) is 42.5 Å². The highest BCUT2D eigenvalue weighted by Crippen LogP contribution is 2.28. The van der Waals surface area contributed by atoms with Gasteiger partial charge in [-0.1, -0.05) is 18.2 Å². The van der Waals surface area contributed by atoms with Crippen molar-refractivity contribution in [3.05, 3.63) is 53.6 Å². The molecule has 0 saturated carbocycles. The van der Waals surface area contributed by atoms with Gasteiger partial charge in [-0.3, -0.25) is 9.59 Å². The van der Waals surface area contributed by atoms with Crippen LogP contribution in [-0.2, 0) is 16.0 Å². The molecule has 1 aliphatic heterocycles. The van der Waals surface area contributed by atoms with Crippen LogP contribution in [0.2, 0.25) is 0 Å². The predicted octanol–water partition coefficient (Wildman–Crippen LogP) is 3.76. The van der Waals surface area contributed by atoms with Gasteiger partial charge >= 0.3 is 0 Å². The van der Waals surface area contributed by atoms with Crippen molar-refractivity contribution >= 4 is 28.9 Å². The number of aryl methyl sites for hydroxylation is 1. The van der Waals surface area contributed by atoms with Crippen molar-refractivity contribution in [2.45, 2.75) is 33.6 Å². The molecule has 5 heteroatoms. The number of rotatable bonds is 6. The van der Waals surface area contributed by atoms with Crippen LogP contribution in [0.25, 0.3) is 0 Å². The van der Waals surface area contributed by atoms with Crippen LogP contribution >= 0.6 is 0 Å². The second-order valence-corrected chi connectivity index (χ2v) is 6.82. The Labute approximate surface area is 161 Å². The van der Waals surface area contributed by atoms with Crippen molar-refractivity contribution in [1.29, 1.82) is 0 Å². The molecule has 0 saturated heterocycles. The highest BCUT2D eigenvalue weighted by molar-refractivity contribution is 6.09. The smallest absolute Gasteiger partial charge is 0.236 e. The van der Waals surface area contributed by atoms with Crippen LogP contribution in [-0.4, -0.2) is 31.4 Å². The van der Waals surface area contributed by atoms with Crippen molar-refractivity contribution < 1.29 is 9.59 Å². The summed E-state index contributed by atoms with van der Waals surface area (Å²) in [5.74, 6) is -0.432. The summed E-state index contributed by atoms with van der Waals surface area (Å²) in [6.07, 6.45) is 0.695. The number of hydrogen-bond donors (Lipinski definition) is 1. The van der Waals surface area contributed by atoms with E-state index in [1.807, 2.05) is 43.3 Å². The van der Waals surface area contributed by atoms with Gasteiger partial charge < -0.3 is 15.1 Å². The number of anilines is 3. The van der Waals surface area contributed by atoms with Gasteiger partial charge in [0.2, 0.25) is 11.8 Å². The molecule has 1 heterocycles. The Morgan fingerprint density at radius 1 is 1.11 bits per heavy atom. The zero-order chi connectivity index (χ0) is 19.4. The van der Waals surface area contributed by atoms with E-state index >= 15 is 0 Å². The van der Waals surface area contributed by atoms with Gasteiger partial charge in [-0.15, -0.1) is 0 Å². The number of carbonyl (C=O) groups is 2. The highest BCUT2D eigenvalue weighted by Gasteiger charge is 2.25. The predicted molar refractivity (Wildman–Crippen MR) is 110 cm³/mol. The third-order valence-corrected chi connectivity index (χ3v) is 5.11. The number of para-hydroxylation sites is 1. The number of nitrogens with one attached hydrogen (secondary N) is 1. The molecule has 0 aliphatic carbocycles. The fraction of sp³-hybridized carbons (Fsp3) is 0.364. The first kappa shape index (κ1) is 19.0. The third kappa shape index (κ3) is 4.13. The minimum atomic E-state index is -0.275. The fourth-order valence-corrected chi connectivity index (χ4v) is 3.60. The summed E-state index contributed by atoms with van der Waals surface area (Å²) < 4.78 is 0. The maximum Gasteiger partial charge on any atom is 0.236 e. The topological polar surface area (TPSA) is 52.7 Å². The summed E-state index contributed by atoms with van der Waals surface area (Å²) in [7, 11) is 0. The van der Waals surface area contributed by atoms with Gasteiger partial charge in [-0.25, -0.2) is 0 Å². The molecular weight excluding hydrogens is 338 g/mol. The summed E-state index contributed by atoms with van der Waals surface area (Å²) in [6, 6.07) is 13.9. The van der Waals surface area contributed by atoms with E-state index in [4.69, 9.17) is 0 Å².